The van der Waals surface area contributed by atoms with Crippen LogP contribution in [0.1, 0.15) is 19.5 Å². The highest BCUT2D eigenvalue weighted by Crippen LogP contribution is 2.27. The van der Waals surface area contributed by atoms with Crippen LogP contribution < -0.4 is 16.0 Å². The van der Waals surface area contributed by atoms with E-state index < -0.39 is 11.9 Å². The summed E-state index contributed by atoms with van der Waals surface area (Å²) in [4.78, 5) is 11.5. The summed E-state index contributed by atoms with van der Waals surface area (Å²) in [6.45, 7) is 7.03. The molecule has 1 heterocycles. The highest BCUT2D eigenvalue weighted by Gasteiger charge is 2.32. The molecule has 0 aliphatic rings. The fraction of sp³-hybridized carbons (Fsp3) is 0.643. The third-order valence-electron chi connectivity index (χ3n) is 2.70. The van der Waals surface area contributed by atoms with Gasteiger partial charge in [0.1, 0.15) is 5.69 Å². The van der Waals surface area contributed by atoms with E-state index in [-0.39, 0.29) is 29.9 Å². The van der Waals surface area contributed by atoms with Crippen LogP contribution in [0.25, 0.3) is 0 Å². The van der Waals surface area contributed by atoms with Gasteiger partial charge in [0.25, 0.3) is 0 Å². The van der Waals surface area contributed by atoms with E-state index in [1.54, 1.807) is 0 Å². The molecule has 7 nitrogen and oxygen atoms in total. The molecule has 25 heavy (non-hydrogen) atoms. The van der Waals surface area contributed by atoms with Crippen molar-refractivity contribution in [2.24, 2.45) is 4.99 Å². The van der Waals surface area contributed by atoms with Crippen LogP contribution in [-0.2, 0) is 10.9 Å². The Morgan fingerprint density at radius 3 is 2.64 bits per heavy atom. The fourth-order valence-corrected chi connectivity index (χ4v) is 1.67. The molecule has 1 aromatic heterocycles. The molecule has 0 amide bonds. The van der Waals surface area contributed by atoms with Gasteiger partial charge in [-0.05, 0) is 19.9 Å². The Morgan fingerprint density at radius 1 is 1.24 bits per heavy atom. The number of hydrogen-bond donors (Lipinski definition) is 3. The predicted molar refractivity (Wildman–Crippen MR) is 101 cm³/mol. The van der Waals surface area contributed by atoms with E-state index in [4.69, 9.17) is 4.74 Å². The lowest BCUT2D eigenvalue weighted by Gasteiger charge is -2.12. The Morgan fingerprint density at radius 2 is 2.00 bits per heavy atom. The van der Waals surface area contributed by atoms with Crippen molar-refractivity contribution in [1.82, 2.24) is 20.6 Å². The van der Waals surface area contributed by atoms with Crippen molar-refractivity contribution < 1.29 is 17.9 Å². The SMILES string of the molecule is CCNC(=NCCOCC)NCCNc1nccc(C(F)(F)F)n1.I. The Balaban J connectivity index is 0.00000576. The van der Waals surface area contributed by atoms with Gasteiger partial charge < -0.3 is 20.7 Å². The van der Waals surface area contributed by atoms with Crippen LogP contribution >= 0.6 is 24.0 Å². The van der Waals surface area contributed by atoms with Gasteiger partial charge in [0.15, 0.2) is 5.96 Å². The number of aromatic nitrogens is 2. The van der Waals surface area contributed by atoms with Crippen molar-refractivity contribution in [1.29, 1.82) is 0 Å². The molecular formula is C14H24F3IN6O. The Kier molecular flexibility index (Phi) is 12.2. The molecule has 0 fully saturated rings. The molecule has 0 unspecified atom stereocenters. The first-order valence-corrected chi connectivity index (χ1v) is 7.71. The van der Waals surface area contributed by atoms with Gasteiger partial charge in [-0.1, -0.05) is 0 Å². The van der Waals surface area contributed by atoms with Crippen LogP contribution in [0.15, 0.2) is 17.3 Å². The fourth-order valence-electron chi connectivity index (χ4n) is 1.67. The van der Waals surface area contributed by atoms with Crippen LogP contribution in [0.3, 0.4) is 0 Å². The Hall–Kier alpha value is -1.37. The van der Waals surface area contributed by atoms with Crippen LogP contribution in [0.4, 0.5) is 19.1 Å². The summed E-state index contributed by atoms with van der Waals surface area (Å²) in [5.41, 5.74) is -0.973. The molecule has 0 saturated carbocycles. The summed E-state index contributed by atoms with van der Waals surface area (Å²) in [7, 11) is 0. The second-order valence-electron chi connectivity index (χ2n) is 4.57. The molecule has 0 aromatic carbocycles. The molecule has 0 spiro atoms. The van der Waals surface area contributed by atoms with E-state index in [2.05, 4.69) is 30.9 Å². The first-order valence-electron chi connectivity index (χ1n) is 7.71. The second kappa shape index (κ2) is 12.9. The number of hydrogen-bond acceptors (Lipinski definition) is 5. The lowest BCUT2D eigenvalue weighted by molar-refractivity contribution is -0.141. The maximum atomic E-state index is 12.6. The number of nitrogens with zero attached hydrogens (tertiary/aromatic N) is 3. The number of rotatable bonds is 9. The van der Waals surface area contributed by atoms with Crippen molar-refractivity contribution in [3.8, 4) is 0 Å². The minimum absolute atomic E-state index is 0. The molecule has 0 atom stereocenters. The molecule has 3 N–H and O–H groups in total. The minimum Gasteiger partial charge on any atom is -0.380 e. The maximum Gasteiger partial charge on any atom is 0.433 e. The second-order valence-corrected chi connectivity index (χ2v) is 4.57. The average Bonchev–Trinajstić information content (AvgIpc) is 2.55. The number of anilines is 1. The number of nitrogens with one attached hydrogen (secondary N) is 3. The van der Waals surface area contributed by atoms with Gasteiger partial charge in [-0.15, -0.1) is 24.0 Å². The van der Waals surface area contributed by atoms with Gasteiger partial charge in [0, 0.05) is 32.4 Å². The quantitative estimate of drug-likeness (QED) is 0.219. The summed E-state index contributed by atoms with van der Waals surface area (Å²) in [6, 6.07) is 0.831. The first-order chi connectivity index (χ1) is 11.5. The molecular weight excluding hydrogens is 452 g/mol. The molecule has 0 bridgehead atoms. The van der Waals surface area contributed by atoms with Gasteiger partial charge in [0.05, 0.1) is 13.2 Å². The lowest BCUT2D eigenvalue weighted by atomic mass is 10.4. The zero-order valence-electron chi connectivity index (χ0n) is 14.2. The van der Waals surface area contributed by atoms with Crippen molar-refractivity contribution in [2.45, 2.75) is 20.0 Å². The maximum absolute atomic E-state index is 12.6. The molecule has 0 aliphatic carbocycles. The third-order valence-corrected chi connectivity index (χ3v) is 2.70. The normalized spacial score (nSPS) is 11.6. The summed E-state index contributed by atoms with van der Waals surface area (Å²) in [5.74, 6) is 0.550. The van der Waals surface area contributed by atoms with E-state index in [1.807, 2.05) is 13.8 Å². The van der Waals surface area contributed by atoms with E-state index >= 15 is 0 Å². The molecule has 0 radical (unpaired) electrons. The van der Waals surface area contributed by atoms with Crippen LogP contribution in [0.2, 0.25) is 0 Å². The minimum atomic E-state index is -4.48. The van der Waals surface area contributed by atoms with Gasteiger partial charge >= 0.3 is 6.18 Å². The third kappa shape index (κ3) is 10.3. The van der Waals surface area contributed by atoms with Crippen molar-refractivity contribution >= 4 is 35.9 Å². The first kappa shape index (κ1) is 23.6. The molecule has 144 valence electrons. The number of aliphatic imine (C=N–C) groups is 1. The Bertz CT molecular complexity index is 516. The zero-order chi connectivity index (χ0) is 17.8. The van der Waals surface area contributed by atoms with Gasteiger partial charge in [-0.3, -0.25) is 4.99 Å². The lowest BCUT2D eigenvalue weighted by Crippen LogP contribution is -2.39. The van der Waals surface area contributed by atoms with Crippen LogP contribution in [-0.4, -0.2) is 55.3 Å². The largest absolute Gasteiger partial charge is 0.433 e. The van der Waals surface area contributed by atoms with Gasteiger partial charge in [-0.2, -0.15) is 13.2 Å². The highest BCUT2D eigenvalue weighted by molar-refractivity contribution is 14.0. The smallest absolute Gasteiger partial charge is 0.380 e. The highest BCUT2D eigenvalue weighted by atomic mass is 127. The molecule has 0 saturated heterocycles. The topological polar surface area (TPSA) is 83.5 Å². The number of guanidine groups is 1. The average molecular weight is 476 g/mol. The summed E-state index contributed by atoms with van der Waals surface area (Å²) < 4.78 is 42.9. The van der Waals surface area contributed by atoms with E-state index in [0.717, 1.165) is 12.3 Å². The summed E-state index contributed by atoms with van der Waals surface area (Å²) >= 11 is 0. The van der Waals surface area contributed by atoms with Crippen LogP contribution in [0, 0.1) is 0 Å². The summed E-state index contributed by atoms with van der Waals surface area (Å²) in [6.07, 6.45) is -3.41. The zero-order valence-corrected chi connectivity index (χ0v) is 16.5. The van der Waals surface area contributed by atoms with Crippen molar-refractivity contribution in [3.63, 3.8) is 0 Å². The van der Waals surface area contributed by atoms with E-state index in [1.165, 1.54) is 0 Å². The van der Waals surface area contributed by atoms with Crippen molar-refractivity contribution in [2.75, 3.05) is 44.7 Å². The molecule has 1 rings (SSSR count). The standard InChI is InChI=1S/C14H23F3N6O.HI/c1-3-18-12(22-9-10-24-4-2)20-7-8-21-13-19-6-5-11(23-13)14(15,16)17;/h5-6H,3-4,7-10H2,1-2H3,(H2,18,20,22)(H,19,21,23);1H. The van der Waals surface area contributed by atoms with Gasteiger partial charge in [0.2, 0.25) is 5.95 Å². The number of ether oxygens (including phenoxy) is 1. The van der Waals surface area contributed by atoms with Crippen LogP contribution in [0.5, 0.6) is 0 Å². The van der Waals surface area contributed by atoms with Gasteiger partial charge in [-0.25, -0.2) is 9.97 Å². The van der Waals surface area contributed by atoms with Crippen molar-refractivity contribution in [3.05, 3.63) is 18.0 Å². The van der Waals surface area contributed by atoms with E-state index in [0.29, 0.717) is 45.4 Å². The number of alkyl halides is 3. The monoisotopic (exact) mass is 476 g/mol. The molecule has 1 aromatic rings. The van der Waals surface area contributed by atoms with E-state index in [9.17, 15) is 13.2 Å². The predicted octanol–water partition coefficient (Wildman–Crippen LogP) is 2.12. The summed E-state index contributed by atoms with van der Waals surface area (Å²) in [5, 5.41) is 8.86. The number of halogens is 4. The Labute approximate surface area is 162 Å². The molecule has 0 aliphatic heterocycles. The molecule has 11 heteroatoms.